The quantitative estimate of drug-likeness (QED) is 0.482. The standard InChI is InChI=1S/C9H14FNO2/c1-11(13-2)9(12)7-4-3-5-8(10)6-7/h3,5,7-8H,4,6H2,1-2H3/t7-,8-/m1/s1. The Balaban J connectivity index is 2.53. The molecule has 0 bridgehead atoms. The van der Waals surface area contributed by atoms with Gasteiger partial charge in [-0.2, -0.15) is 0 Å². The first-order valence-corrected chi connectivity index (χ1v) is 4.27. The van der Waals surface area contributed by atoms with Crippen molar-refractivity contribution < 1.29 is 14.0 Å². The third kappa shape index (κ3) is 2.52. The van der Waals surface area contributed by atoms with Crippen molar-refractivity contribution in [2.45, 2.75) is 19.0 Å². The maximum atomic E-state index is 12.9. The van der Waals surface area contributed by atoms with Crippen LogP contribution < -0.4 is 0 Å². The number of hydrogen-bond acceptors (Lipinski definition) is 2. The molecule has 1 amide bonds. The number of hydroxylamine groups is 2. The number of carbonyl (C=O) groups excluding carboxylic acids is 1. The Morgan fingerprint density at radius 2 is 2.38 bits per heavy atom. The van der Waals surface area contributed by atoms with Crippen LogP contribution in [0.3, 0.4) is 0 Å². The number of hydrogen-bond donors (Lipinski definition) is 0. The molecule has 0 saturated heterocycles. The van der Waals surface area contributed by atoms with Gasteiger partial charge in [0.2, 0.25) is 5.91 Å². The first-order valence-electron chi connectivity index (χ1n) is 4.27. The highest BCUT2D eigenvalue weighted by atomic mass is 19.1. The molecule has 13 heavy (non-hydrogen) atoms. The van der Waals surface area contributed by atoms with E-state index in [9.17, 15) is 9.18 Å². The van der Waals surface area contributed by atoms with E-state index in [-0.39, 0.29) is 18.2 Å². The molecule has 0 aromatic rings. The van der Waals surface area contributed by atoms with E-state index in [4.69, 9.17) is 4.84 Å². The van der Waals surface area contributed by atoms with E-state index < -0.39 is 6.17 Å². The van der Waals surface area contributed by atoms with Crippen molar-refractivity contribution in [3.05, 3.63) is 12.2 Å². The normalized spacial score (nSPS) is 27.3. The van der Waals surface area contributed by atoms with E-state index in [0.717, 1.165) is 5.06 Å². The molecule has 3 nitrogen and oxygen atoms in total. The van der Waals surface area contributed by atoms with Crippen LogP contribution in [0.1, 0.15) is 12.8 Å². The summed E-state index contributed by atoms with van der Waals surface area (Å²) in [5.41, 5.74) is 0. The highest BCUT2D eigenvalue weighted by Crippen LogP contribution is 2.22. The number of allylic oxidation sites excluding steroid dienone is 2. The molecule has 1 aliphatic rings. The Labute approximate surface area is 77.1 Å². The van der Waals surface area contributed by atoms with E-state index in [2.05, 4.69) is 0 Å². The summed E-state index contributed by atoms with van der Waals surface area (Å²) in [6.07, 6.45) is 3.08. The van der Waals surface area contributed by atoms with Crippen molar-refractivity contribution >= 4 is 5.91 Å². The zero-order valence-corrected chi connectivity index (χ0v) is 7.87. The van der Waals surface area contributed by atoms with Crippen molar-refractivity contribution in [2.75, 3.05) is 14.2 Å². The summed E-state index contributed by atoms with van der Waals surface area (Å²) in [7, 11) is 2.96. The topological polar surface area (TPSA) is 29.5 Å². The number of rotatable bonds is 2. The highest BCUT2D eigenvalue weighted by Gasteiger charge is 2.26. The second-order valence-corrected chi connectivity index (χ2v) is 3.13. The van der Waals surface area contributed by atoms with E-state index in [0.29, 0.717) is 6.42 Å². The summed E-state index contributed by atoms with van der Waals surface area (Å²) < 4.78 is 12.9. The van der Waals surface area contributed by atoms with Crippen LogP contribution in [-0.2, 0) is 9.63 Å². The van der Waals surface area contributed by atoms with Gasteiger partial charge in [0, 0.05) is 13.0 Å². The predicted molar refractivity (Wildman–Crippen MR) is 46.5 cm³/mol. The summed E-state index contributed by atoms with van der Waals surface area (Å²) in [6.45, 7) is 0. The monoisotopic (exact) mass is 187 g/mol. The molecule has 0 aromatic heterocycles. The minimum atomic E-state index is -0.993. The molecule has 1 rings (SSSR count). The lowest BCUT2D eigenvalue weighted by molar-refractivity contribution is -0.174. The molecule has 0 unspecified atom stereocenters. The highest BCUT2D eigenvalue weighted by molar-refractivity contribution is 5.78. The molecule has 74 valence electrons. The van der Waals surface area contributed by atoms with Gasteiger partial charge in [0.1, 0.15) is 6.17 Å². The zero-order chi connectivity index (χ0) is 9.84. The van der Waals surface area contributed by atoms with Crippen LogP contribution in [0.5, 0.6) is 0 Å². The van der Waals surface area contributed by atoms with Gasteiger partial charge in [0.15, 0.2) is 0 Å². The van der Waals surface area contributed by atoms with Gasteiger partial charge in [0.25, 0.3) is 0 Å². The van der Waals surface area contributed by atoms with E-state index >= 15 is 0 Å². The number of halogens is 1. The second kappa shape index (κ2) is 4.37. The van der Waals surface area contributed by atoms with Gasteiger partial charge >= 0.3 is 0 Å². The van der Waals surface area contributed by atoms with E-state index in [1.807, 2.05) is 0 Å². The molecular formula is C9H14FNO2. The molecular weight excluding hydrogens is 173 g/mol. The average molecular weight is 187 g/mol. The summed E-state index contributed by atoms with van der Waals surface area (Å²) in [5, 5.41) is 1.15. The molecule has 1 aliphatic carbocycles. The third-order valence-electron chi connectivity index (χ3n) is 2.21. The molecule has 0 spiro atoms. The number of nitrogens with zero attached hydrogens (tertiary/aromatic N) is 1. The lowest BCUT2D eigenvalue weighted by Crippen LogP contribution is -2.34. The molecule has 4 heteroatoms. The maximum absolute atomic E-state index is 12.9. The van der Waals surface area contributed by atoms with Gasteiger partial charge in [-0.25, -0.2) is 9.45 Å². The first kappa shape index (κ1) is 10.2. The molecule has 0 N–H and O–H groups in total. The molecule has 0 heterocycles. The Morgan fingerprint density at radius 1 is 1.69 bits per heavy atom. The molecule has 0 radical (unpaired) electrons. The largest absolute Gasteiger partial charge is 0.275 e. The zero-order valence-electron chi connectivity index (χ0n) is 7.87. The number of amides is 1. The first-order chi connectivity index (χ1) is 6.15. The fourth-order valence-electron chi connectivity index (χ4n) is 1.39. The lowest BCUT2D eigenvalue weighted by Gasteiger charge is -2.23. The summed E-state index contributed by atoms with van der Waals surface area (Å²) in [6, 6.07) is 0. The van der Waals surface area contributed by atoms with Gasteiger partial charge in [-0.3, -0.25) is 9.63 Å². The average Bonchev–Trinajstić information content (AvgIpc) is 2.15. The number of alkyl halides is 1. The molecule has 0 aliphatic heterocycles. The van der Waals surface area contributed by atoms with Gasteiger partial charge in [0.05, 0.1) is 7.11 Å². The smallest absolute Gasteiger partial charge is 0.249 e. The van der Waals surface area contributed by atoms with Crippen molar-refractivity contribution in [1.29, 1.82) is 0 Å². The Kier molecular flexibility index (Phi) is 3.42. The molecule has 0 aromatic carbocycles. The fraction of sp³-hybridized carbons (Fsp3) is 0.667. The van der Waals surface area contributed by atoms with Crippen LogP contribution in [0.4, 0.5) is 4.39 Å². The van der Waals surface area contributed by atoms with Crippen molar-refractivity contribution in [1.82, 2.24) is 5.06 Å². The minimum Gasteiger partial charge on any atom is -0.275 e. The molecule has 2 atom stereocenters. The Hall–Kier alpha value is -0.900. The van der Waals surface area contributed by atoms with Gasteiger partial charge in [-0.05, 0) is 12.8 Å². The van der Waals surface area contributed by atoms with Crippen LogP contribution >= 0.6 is 0 Å². The molecule has 0 fully saturated rings. The van der Waals surface area contributed by atoms with Crippen molar-refractivity contribution in [3.63, 3.8) is 0 Å². The minimum absolute atomic E-state index is 0.158. The van der Waals surface area contributed by atoms with Gasteiger partial charge in [-0.1, -0.05) is 12.2 Å². The SMILES string of the molecule is CON(C)C(=O)[C@@H]1CC=C[C@@H](F)C1. The lowest BCUT2D eigenvalue weighted by atomic mass is 9.92. The van der Waals surface area contributed by atoms with E-state index in [1.165, 1.54) is 20.2 Å². The van der Waals surface area contributed by atoms with Crippen LogP contribution in [0, 0.1) is 5.92 Å². The number of carbonyl (C=O) groups is 1. The molecule has 0 saturated carbocycles. The van der Waals surface area contributed by atoms with Crippen LogP contribution in [-0.4, -0.2) is 31.3 Å². The maximum Gasteiger partial charge on any atom is 0.249 e. The summed E-state index contributed by atoms with van der Waals surface area (Å²) in [4.78, 5) is 16.2. The fourth-order valence-corrected chi connectivity index (χ4v) is 1.39. The van der Waals surface area contributed by atoms with Gasteiger partial charge in [-0.15, -0.1) is 0 Å². The Bertz CT molecular complexity index is 218. The summed E-state index contributed by atoms with van der Waals surface area (Å²) in [5.74, 6) is -0.431. The van der Waals surface area contributed by atoms with Crippen LogP contribution in [0.2, 0.25) is 0 Å². The Morgan fingerprint density at radius 3 is 2.92 bits per heavy atom. The predicted octanol–water partition coefficient (Wildman–Crippen LogP) is 1.31. The van der Waals surface area contributed by atoms with Gasteiger partial charge < -0.3 is 0 Å². The van der Waals surface area contributed by atoms with Crippen LogP contribution in [0.25, 0.3) is 0 Å². The van der Waals surface area contributed by atoms with Crippen molar-refractivity contribution in [2.24, 2.45) is 5.92 Å². The van der Waals surface area contributed by atoms with Crippen molar-refractivity contribution in [3.8, 4) is 0 Å². The van der Waals surface area contributed by atoms with E-state index in [1.54, 1.807) is 6.08 Å². The third-order valence-corrected chi connectivity index (χ3v) is 2.21. The summed E-state index contributed by atoms with van der Waals surface area (Å²) >= 11 is 0. The second-order valence-electron chi connectivity index (χ2n) is 3.13. The van der Waals surface area contributed by atoms with Crippen LogP contribution in [0.15, 0.2) is 12.2 Å².